The van der Waals surface area contributed by atoms with Gasteiger partial charge in [-0.1, -0.05) is 31.7 Å². The molecule has 18 heavy (non-hydrogen) atoms. The van der Waals surface area contributed by atoms with E-state index < -0.39 is 0 Å². The van der Waals surface area contributed by atoms with Gasteiger partial charge in [0, 0.05) is 22.2 Å². The van der Waals surface area contributed by atoms with E-state index in [4.69, 9.17) is 0 Å². The van der Waals surface area contributed by atoms with Crippen molar-refractivity contribution < 1.29 is 0 Å². The molecule has 0 amide bonds. The largest absolute Gasteiger partial charge is 0.309 e. The van der Waals surface area contributed by atoms with Crippen LogP contribution in [-0.2, 0) is 0 Å². The number of hydrogen-bond acceptors (Lipinski definition) is 2. The summed E-state index contributed by atoms with van der Waals surface area (Å²) in [5.41, 5.74) is 3.95. The quantitative estimate of drug-likeness (QED) is 0.662. The van der Waals surface area contributed by atoms with Crippen LogP contribution in [0.5, 0.6) is 0 Å². The van der Waals surface area contributed by atoms with Crippen molar-refractivity contribution in [2.24, 2.45) is 5.92 Å². The van der Waals surface area contributed by atoms with Crippen LogP contribution in [0.3, 0.4) is 0 Å². The maximum absolute atomic E-state index is 4.32. The summed E-state index contributed by atoms with van der Waals surface area (Å²) in [6.45, 7) is 8.89. The number of aryl methyl sites for hydroxylation is 1. The lowest BCUT2D eigenvalue weighted by Gasteiger charge is -2.34. The van der Waals surface area contributed by atoms with Gasteiger partial charge in [-0.25, -0.2) is 0 Å². The molecule has 0 spiro atoms. The summed E-state index contributed by atoms with van der Waals surface area (Å²) >= 11 is 1.91. The maximum Gasteiger partial charge on any atom is 0.0489 e. The van der Waals surface area contributed by atoms with Crippen molar-refractivity contribution in [3.63, 3.8) is 0 Å². The first-order valence-electron chi connectivity index (χ1n) is 6.93. The number of nitrogens with zero attached hydrogens (tertiary/aromatic N) is 1. The first-order valence-corrected chi connectivity index (χ1v) is 7.70. The topological polar surface area (TPSA) is 3.24 Å². The number of benzene rings is 1. The summed E-state index contributed by atoms with van der Waals surface area (Å²) in [5, 5.41) is 0. The van der Waals surface area contributed by atoms with Crippen LogP contribution >= 0.6 is 11.9 Å². The number of rotatable bonds is 1. The van der Waals surface area contributed by atoms with Gasteiger partial charge in [0.15, 0.2) is 0 Å². The molecule has 0 atom stereocenters. The summed E-state index contributed by atoms with van der Waals surface area (Å²) in [4.78, 5) is 1.42. The number of fused-ring (bicyclic) bond motifs is 1. The van der Waals surface area contributed by atoms with E-state index in [0.29, 0.717) is 6.04 Å². The smallest absolute Gasteiger partial charge is 0.0489 e. The van der Waals surface area contributed by atoms with Gasteiger partial charge < -0.3 is 4.31 Å². The highest BCUT2D eigenvalue weighted by Crippen LogP contribution is 2.48. The minimum Gasteiger partial charge on any atom is -0.309 e. The van der Waals surface area contributed by atoms with Crippen molar-refractivity contribution in [3.05, 3.63) is 35.9 Å². The lowest BCUT2D eigenvalue weighted by molar-refractivity contribution is 0.280. The second-order valence-electron chi connectivity index (χ2n) is 5.73. The third-order valence-electron chi connectivity index (χ3n) is 4.30. The molecule has 2 heteroatoms. The van der Waals surface area contributed by atoms with Crippen LogP contribution in [0.4, 0.5) is 0 Å². The van der Waals surface area contributed by atoms with Gasteiger partial charge in [0.25, 0.3) is 0 Å². The average molecular weight is 259 g/mol. The first kappa shape index (κ1) is 12.2. The molecule has 1 nitrogen and oxygen atoms in total. The second-order valence-corrected chi connectivity index (χ2v) is 6.71. The van der Waals surface area contributed by atoms with Crippen LogP contribution in [0.25, 0.3) is 5.70 Å². The van der Waals surface area contributed by atoms with E-state index in [1.165, 1.54) is 47.4 Å². The second kappa shape index (κ2) is 4.65. The number of hydrogen-bond donors (Lipinski definition) is 0. The Bertz CT molecular complexity index is 472. The fraction of sp³-hybridized carbons (Fsp3) is 0.500. The Morgan fingerprint density at radius 3 is 2.61 bits per heavy atom. The Balaban J connectivity index is 1.82. The molecular formula is C16H21NS. The highest BCUT2D eigenvalue weighted by atomic mass is 32.2. The van der Waals surface area contributed by atoms with E-state index in [-0.39, 0.29) is 0 Å². The monoisotopic (exact) mass is 259 g/mol. The fourth-order valence-electron chi connectivity index (χ4n) is 3.04. The van der Waals surface area contributed by atoms with Crippen molar-refractivity contribution in [2.45, 2.75) is 50.5 Å². The SMILES string of the molecule is C=C1c2cccc(C)c2SN1C1CCC(C)CC1. The van der Waals surface area contributed by atoms with E-state index in [9.17, 15) is 0 Å². The van der Waals surface area contributed by atoms with E-state index in [1.54, 1.807) is 0 Å². The van der Waals surface area contributed by atoms with Gasteiger partial charge in [-0.2, -0.15) is 0 Å². The normalized spacial score (nSPS) is 27.4. The predicted octanol–water partition coefficient (Wildman–Crippen LogP) is 4.87. The summed E-state index contributed by atoms with van der Waals surface area (Å²) in [7, 11) is 0. The summed E-state index contributed by atoms with van der Waals surface area (Å²) in [6.07, 6.45) is 5.37. The molecule has 0 radical (unpaired) electrons. The Kier molecular flexibility index (Phi) is 3.14. The van der Waals surface area contributed by atoms with Gasteiger partial charge in [-0.15, -0.1) is 0 Å². The molecule has 0 bridgehead atoms. The van der Waals surface area contributed by atoms with E-state index in [1.807, 2.05) is 11.9 Å². The van der Waals surface area contributed by atoms with Crippen molar-refractivity contribution in [1.82, 2.24) is 4.31 Å². The highest BCUT2D eigenvalue weighted by Gasteiger charge is 2.32. The summed E-state index contributed by atoms with van der Waals surface area (Å²) in [6, 6.07) is 7.24. The van der Waals surface area contributed by atoms with Crippen LogP contribution in [0.2, 0.25) is 0 Å². The molecule has 0 saturated heterocycles. The standard InChI is InChI=1S/C16H21NS/c1-11-7-9-14(10-8-11)17-13(3)15-6-4-5-12(2)16(15)18-17/h4-6,11,14H,3,7-10H2,1-2H3. The molecule has 2 aliphatic rings. The molecule has 96 valence electrons. The summed E-state index contributed by atoms with van der Waals surface area (Å²) < 4.78 is 2.48. The van der Waals surface area contributed by atoms with Crippen molar-refractivity contribution >= 4 is 17.6 Å². The summed E-state index contributed by atoms with van der Waals surface area (Å²) in [5.74, 6) is 0.909. The minimum atomic E-state index is 0.686. The Morgan fingerprint density at radius 1 is 1.22 bits per heavy atom. The zero-order chi connectivity index (χ0) is 12.7. The lowest BCUT2D eigenvalue weighted by atomic mass is 9.87. The molecule has 0 aromatic heterocycles. The molecule has 1 aliphatic heterocycles. The predicted molar refractivity (Wildman–Crippen MR) is 79.3 cm³/mol. The van der Waals surface area contributed by atoms with Gasteiger partial charge in [0.05, 0.1) is 0 Å². The highest BCUT2D eigenvalue weighted by molar-refractivity contribution is 7.97. The molecule has 1 saturated carbocycles. The third-order valence-corrected chi connectivity index (χ3v) is 5.74. The minimum absolute atomic E-state index is 0.686. The molecule has 1 heterocycles. The van der Waals surface area contributed by atoms with Crippen LogP contribution in [0, 0.1) is 12.8 Å². The molecule has 0 N–H and O–H groups in total. The van der Waals surface area contributed by atoms with E-state index in [0.717, 1.165) is 5.92 Å². The first-order chi connectivity index (χ1) is 8.66. The molecule has 3 rings (SSSR count). The molecule has 1 fully saturated rings. The van der Waals surface area contributed by atoms with E-state index in [2.05, 4.69) is 42.9 Å². The molecule has 1 aliphatic carbocycles. The van der Waals surface area contributed by atoms with Gasteiger partial charge in [-0.05, 0) is 56.0 Å². The van der Waals surface area contributed by atoms with Crippen molar-refractivity contribution in [3.8, 4) is 0 Å². The van der Waals surface area contributed by atoms with Crippen molar-refractivity contribution in [1.29, 1.82) is 0 Å². The lowest BCUT2D eigenvalue weighted by Crippen LogP contribution is -2.29. The Morgan fingerprint density at radius 2 is 1.94 bits per heavy atom. The Hall–Kier alpha value is -0.890. The van der Waals surface area contributed by atoms with Gasteiger partial charge >= 0.3 is 0 Å². The zero-order valence-electron chi connectivity index (χ0n) is 11.3. The van der Waals surface area contributed by atoms with Gasteiger partial charge in [0.2, 0.25) is 0 Å². The molecular weight excluding hydrogens is 238 g/mol. The fourth-order valence-corrected chi connectivity index (χ4v) is 4.31. The molecule has 1 aromatic rings. The molecule has 1 aromatic carbocycles. The van der Waals surface area contributed by atoms with E-state index >= 15 is 0 Å². The maximum atomic E-state index is 4.32. The van der Waals surface area contributed by atoms with Crippen LogP contribution in [0.1, 0.15) is 43.7 Å². The Labute approximate surface area is 114 Å². The van der Waals surface area contributed by atoms with Gasteiger partial charge in [0.1, 0.15) is 0 Å². The van der Waals surface area contributed by atoms with Crippen molar-refractivity contribution in [2.75, 3.05) is 0 Å². The van der Waals surface area contributed by atoms with Crippen LogP contribution < -0.4 is 0 Å². The zero-order valence-corrected chi connectivity index (χ0v) is 12.1. The van der Waals surface area contributed by atoms with Gasteiger partial charge in [-0.3, -0.25) is 0 Å². The molecule has 0 unspecified atom stereocenters. The van der Waals surface area contributed by atoms with Crippen LogP contribution in [0.15, 0.2) is 29.7 Å². The third kappa shape index (κ3) is 1.97. The van der Waals surface area contributed by atoms with Crippen LogP contribution in [-0.4, -0.2) is 10.3 Å². The average Bonchev–Trinajstić information content (AvgIpc) is 2.70.